The summed E-state index contributed by atoms with van der Waals surface area (Å²) in [5.41, 5.74) is -1.13. The Morgan fingerprint density at radius 2 is 2.21 bits per heavy atom. The van der Waals surface area contributed by atoms with Crippen LogP contribution in [0.4, 0.5) is 8.78 Å². The Hall–Kier alpha value is -1.14. The van der Waals surface area contributed by atoms with Crippen molar-refractivity contribution < 1.29 is 18.7 Å². The molecule has 1 fully saturated rings. The lowest BCUT2D eigenvalue weighted by Crippen LogP contribution is -2.52. The molecule has 0 bridgehead atoms. The summed E-state index contributed by atoms with van der Waals surface area (Å²) in [6, 6.07) is 3.39. The van der Waals surface area contributed by atoms with Crippen molar-refractivity contribution in [1.29, 1.82) is 0 Å². The molecule has 19 heavy (non-hydrogen) atoms. The number of carboxylic acids is 1. The Morgan fingerprint density at radius 1 is 1.53 bits per heavy atom. The number of carboxylic acid groups (broad SMARTS) is 1. The molecule has 3 nitrogen and oxygen atoms in total. The average molecular weight is 287 g/mol. The normalized spacial score (nSPS) is 18.1. The minimum Gasteiger partial charge on any atom is -0.480 e. The van der Waals surface area contributed by atoms with E-state index in [1.165, 1.54) is 0 Å². The smallest absolute Gasteiger partial charge is 0.324 e. The number of hydrogen-bond acceptors (Lipinski definition) is 3. The summed E-state index contributed by atoms with van der Waals surface area (Å²) in [4.78, 5) is 11.4. The third-order valence-electron chi connectivity index (χ3n) is 2.98. The molecule has 0 heterocycles. The van der Waals surface area contributed by atoms with E-state index < -0.39 is 23.1 Å². The van der Waals surface area contributed by atoms with Crippen LogP contribution in [0.2, 0.25) is 0 Å². The lowest BCUT2D eigenvalue weighted by molar-refractivity contribution is -0.143. The first-order valence-corrected chi connectivity index (χ1v) is 6.98. The maximum absolute atomic E-state index is 13.5. The van der Waals surface area contributed by atoms with Crippen LogP contribution in [0.25, 0.3) is 0 Å². The summed E-state index contributed by atoms with van der Waals surface area (Å²) < 4.78 is 26.5. The van der Waals surface area contributed by atoms with Crippen molar-refractivity contribution in [3.63, 3.8) is 0 Å². The molecule has 2 rings (SSSR count). The Kier molecular flexibility index (Phi) is 4.10. The third kappa shape index (κ3) is 3.67. The average Bonchev–Trinajstić information content (AvgIpc) is 3.14. The predicted octanol–water partition coefficient (Wildman–Crippen LogP) is 2.65. The maximum atomic E-state index is 13.5. The molecule has 1 unspecified atom stereocenters. The van der Waals surface area contributed by atoms with Gasteiger partial charge in [-0.25, -0.2) is 8.78 Å². The van der Waals surface area contributed by atoms with E-state index in [4.69, 9.17) is 0 Å². The largest absolute Gasteiger partial charge is 0.480 e. The summed E-state index contributed by atoms with van der Waals surface area (Å²) >= 11 is 1.01. The van der Waals surface area contributed by atoms with Gasteiger partial charge in [0.25, 0.3) is 0 Å². The van der Waals surface area contributed by atoms with Gasteiger partial charge in [0.1, 0.15) is 17.2 Å². The first-order valence-electron chi connectivity index (χ1n) is 6.00. The van der Waals surface area contributed by atoms with E-state index in [-0.39, 0.29) is 16.7 Å². The molecule has 1 aromatic rings. The van der Waals surface area contributed by atoms with E-state index in [1.807, 2.05) is 0 Å². The van der Waals surface area contributed by atoms with Crippen molar-refractivity contribution in [3.8, 4) is 0 Å². The lowest BCUT2D eigenvalue weighted by atomic mass is 10.1. The summed E-state index contributed by atoms with van der Waals surface area (Å²) in [5, 5.41) is 12.3. The van der Waals surface area contributed by atoms with E-state index in [2.05, 4.69) is 5.32 Å². The van der Waals surface area contributed by atoms with Gasteiger partial charge in [-0.05, 0) is 38.0 Å². The van der Waals surface area contributed by atoms with Gasteiger partial charge in [-0.3, -0.25) is 10.1 Å². The highest BCUT2D eigenvalue weighted by Gasteiger charge is 2.38. The minimum atomic E-state index is -1.13. The lowest BCUT2D eigenvalue weighted by Gasteiger charge is -2.26. The fraction of sp³-hybridized carbons (Fsp3) is 0.462. The highest BCUT2D eigenvalue weighted by atomic mass is 32.2. The Morgan fingerprint density at radius 3 is 2.79 bits per heavy atom. The molecule has 0 aliphatic heterocycles. The second-order valence-electron chi connectivity index (χ2n) is 4.92. The molecule has 0 saturated heterocycles. The van der Waals surface area contributed by atoms with Gasteiger partial charge >= 0.3 is 5.97 Å². The zero-order valence-electron chi connectivity index (χ0n) is 10.5. The molecule has 0 spiro atoms. The number of carbonyl (C=O) groups is 1. The molecule has 0 radical (unpaired) electrons. The van der Waals surface area contributed by atoms with Crippen LogP contribution < -0.4 is 5.32 Å². The second kappa shape index (κ2) is 5.46. The van der Waals surface area contributed by atoms with Gasteiger partial charge in [0.2, 0.25) is 0 Å². The van der Waals surface area contributed by atoms with Gasteiger partial charge in [-0.2, -0.15) is 0 Å². The minimum absolute atomic E-state index is 0.130. The van der Waals surface area contributed by atoms with Gasteiger partial charge in [-0.15, -0.1) is 11.8 Å². The van der Waals surface area contributed by atoms with E-state index in [0.717, 1.165) is 42.8 Å². The van der Waals surface area contributed by atoms with Crippen molar-refractivity contribution in [2.75, 3.05) is 5.75 Å². The van der Waals surface area contributed by atoms with E-state index >= 15 is 0 Å². The molecular formula is C13H15F2NO2S. The predicted molar refractivity (Wildman–Crippen MR) is 69.3 cm³/mol. The summed E-state index contributed by atoms with van der Waals surface area (Å²) in [6.07, 6.45) is 1.92. The molecule has 1 atom stereocenters. The number of halogens is 2. The maximum Gasteiger partial charge on any atom is 0.324 e. The number of benzene rings is 1. The molecule has 0 amide bonds. The molecule has 1 aromatic carbocycles. The summed E-state index contributed by atoms with van der Waals surface area (Å²) in [7, 11) is 0. The van der Waals surface area contributed by atoms with Gasteiger partial charge in [0.05, 0.1) is 0 Å². The third-order valence-corrected chi connectivity index (χ3v) is 4.33. The van der Waals surface area contributed by atoms with E-state index in [1.54, 1.807) is 6.92 Å². The number of rotatable bonds is 6. The summed E-state index contributed by atoms with van der Waals surface area (Å²) in [6.45, 7) is 1.57. The molecule has 0 aromatic heterocycles. The van der Waals surface area contributed by atoms with Gasteiger partial charge in [0.15, 0.2) is 0 Å². The zero-order valence-corrected chi connectivity index (χ0v) is 11.3. The van der Waals surface area contributed by atoms with Gasteiger partial charge < -0.3 is 5.11 Å². The Labute approximate surface area is 114 Å². The SMILES string of the molecule is CC(CSc1cc(F)ccc1F)(NC1CC1)C(=O)O. The van der Waals surface area contributed by atoms with Crippen molar-refractivity contribution in [2.45, 2.75) is 36.2 Å². The highest BCUT2D eigenvalue weighted by molar-refractivity contribution is 7.99. The van der Waals surface area contributed by atoms with Crippen molar-refractivity contribution in [2.24, 2.45) is 0 Å². The second-order valence-corrected chi connectivity index (χ2v) is 5.94. The van der Waals surface area contributed by atoms with Crippen LogP contribution in [0.5, 0.6) is 0 Å². The van der Waals surface area contributed by atoms with Crippen LogP contribution in [0.1, 0.15) is 19.8 Å². The zero-order chi connectivity index (χ0) is 14.0. The van der Waals surface area contributed by atoms with Gasteiger partial charge in [-0.1, -0.05) is 0 Å². The fourth-order valence-electron chi connectivity index (χ4n) is 1.65. The molecule has 2 N–H and O–H groups in total. The standard InChI is InChI=1S/C13H15F2NO2S/c1-13(12(17)18,16-9-3-4-9)7-19-11-6-8(14)2-5-10(11)15/h2,5-6,9,16H,3-4,7H2,1H3,(H,17,18). The topological polar surface area (TPSA) is 49.3 Å². The van der Waals surface area contributed by atoms with Crippen LogP contribution in [0.3, 0.4) is 0 Å². The molecule has 104 valence electrons. The quantitative estimate of drug-likeness (QED) is 0.790. The molecule has 1 aliphatic rings. The van der Waals surface area contributed by atoms with Crippen molar-refractivity contribution >= 4 is 17.7 Å². The van der Waals surface area contributed by atoms with E-state index in [9.17, 15) is 18.7 Å². The Balaban J connectivity index is 2.05. The van der Waals surface area contributed by atoms with Crippen molar-refractivity contribution in [3.05, 3.63) is 29.8 Å². The number of nitrogens with one attached hydrogen (secondary N) is 1. The Bertz CT molecular complexity index is 494. The van der Waals surface area contributed by atoms with Crippen LogP contribution in [-0.4, -0.2) is 28.4 Å². The van der Waals surface area contributed by atoms with Crippen LogP contribution >= 0.6 is 11.8 Å². The van der Waals surface area contributed by atoms with Crippen LogP contribution in [0.15, 0.2) is 23.1 Å². The van der Waals surface area contributed by atoms with Crippen molar-refractivity contribution in [1.82, 2.24) is 5.32 Å². The van der Waals surface area contributed by atoms with Crippen LogP contribution in [0, 0.1) is 11.6 Å². The number of hydrogen-bond donors (Lipinski definition) is 2. The monoisotopic (exact) mass is 287 g/mol. The highest BCUT2D eigenvalue weighted by Crippen LogP contribution is 2.29. The molecular weight excluding hydrogens is 272 g/mol. The fourth-order valence-corrected chi connectivity index (χ4v) is 2.71. The molecule has 1 saturated carbocycles. The van der Waals surface area contributed by atoms with E-state index in [0.29, 0.717) is 0 Å². The molecule has 6 heteroatoms. The van der Waals surface area contributed by atoms with Crippen LogP contribution in [-0.2, 0) is 4.79 Å². The number of thioether (sulfide) groups is 1. The number of aliphatic carboxylic acids is 1. The molecule has 1 aliphatic carbocycles. The first-order chi connectivity index (χ1) is 8.90. The van der Waals surface area contributed by atoms with Gasteiger partial charge in [0, 0.05) is 16.7 Å². The summed E-state index contributed by atoms with van der Waals surface area (Å²) in [5.74, 6) is -1.91. The first kappa shape index (κ1) is 14.3.